The molecule has 1 amide bonds. The molecular weight excluding hydrogens is 421 g/mol. The summed E-state index contributed by atoms with van der Waals surface area (Å²) in [5, 5.41) is 9.28. The van der Waals surface area contributed by atoms with Gasteiger partial charge in [-0.05, 0) is 0 Å². The summed E-state index contributed by atoms with van der Waals surface area (Å²) in [6, 6.07) is 0. The zero-order valence-corrected chi connectivity index (χ0v) is 19.1. The molecule has 0 aromatic carbocycles. The van der Waals surface area contributed by atoms with Crippen LogP contribution in [0.15, 0.2) is 6.20 Å². The van der Waals surface area contributed by atoms with E-state index in [9.17, 15) is 9.90 Å². The number of nitrogens with zero attached hydrogens (tertiary/aromatic N) is 3. The Morgan fingerprint density at radius 1 is 1.08 bits per heavy atom. The van der Waals surface area contributed by atoms with Gasteiger partial charge in [0.05, 0.1) is 0 Å². The minimum atomic E-state index is -2.49. The molecule has 1 aliphatic heterocycles. The van der Waals surface area contributed by atoms with Crippen LogP contribution in [0, 0.1) is 0 Å². The number of aromatic nitrogens is 2. The van der Waals surface area contributed by atoms with Crippen LogP contribution < -0.4 is 3.71 Å². The average Bonchev–Trinajstić information content (AvgIpc) is 3.05. The van der Waals surface area contributed by atoms with Crippen LogP contribution in [0.3, 0.4) is 0 Å². The first-order valence-electron chi connectivity index (χ1n) is 10.1. The molecule has 0 atom stereocenters. The van der Waals surface area contributed by atoms with Crippen LogP contribution in [-0.4, -0.2) is 50.6 Å². The molecule has 0 fully saturated rings. The van der Waals surface area contributed by atoms with E-state index in [0.717, 1.165) is 12.4 Å². The summed E-state index contributed by atoms with van der Waals surface area (Å²) < 4.78 is 8.29. The van der Waals surface area contributed by atoms with Gasteiger partial charge in [0, 0.05) is 0 Å². The van der Waals surface area contributed by atoms with Gasteiger partial charge in [-0.2, -0.15) is 0 Å². The summed E-state index contributed by atoms with van der Waals surface area (Å²) in [6.07, 6.45) is 9.15. The predicted molar refractivity (Wildman–Crippen MR) is 105 cm³/mol. The van der Waals surface area contributed by atoms with E-state index >= 15 is 0 Å². The average molecular weight is 456 g/mol. The molecule has 0 saturated heterocycles. The van der Waals surface area contributed by atoms with Crippen LogP contribution in [0.4, 0.5) is 4.79 Å². The Labute approximate surface area is 156 Å². The number of carbonyl (C=O) groups is 1. The topological polar surface area (TPSA) is 58.4 Å². The predicted octanol–water partition coefficient (Wildman–Crippen LogP) is 4.43. The van der Waals surface area contributed by atoms with Crippen LogP contribution in [0.25, 0.3) is 0 Å². The number of unbranched alkanes of at least 4 members (excludes halogenated alkanes) is 3. The van der Waals surface area contributed by atoms with Gasteiger partial charge in [-0.3, -0.25) is 0 Å². The second-order valence-corrected chi connectivity index (χ2v) is 20.6. The molecule has 0 radical (unpaired) electrons. The molecular formula is C19H35N3O2Sn. The molecule has 5 nitrogen and oxygen atoms in total. The van der Waals surface area contributed by atoms with Crippen LogP contribution >= 0.6 is 0 Å². The maximum absolute atomic E-state index is 11.3. The fourth-order valence-corrected chi connectivity index (χ4v) is 20.6. The summed E-state index contributed by atoms with van der Waals surface area (Å²) in [7, 11) is 0. The summed E-state index contributed by atoms with van der Waals surface area (Å²) >= 11 is -2.49. The second-order valence-electron chi connectivity index (χ2n) is 7.51. The van der Waals surface area contributed by atoms with E-state index in [1.807, 2.05) is 0 Å². The zero-order chi connectivity index (χ0) is 18.3. The Hall–Kier alpha value is -0.721. The van der Waals surface area contributed by atoms with Gasteiger partial charge in [0.2, 0.25) is 0 Å². The number of amides is 1. The molecule has 0 saturated carbocycles. The molecule has 0 bridgehead atoms. The molecule has 142 valence electrons. The third-order valence-corrected chi connectivity index (χ3v) is 21.2. The molecule has 1 aromatic rings. The number of imidazole rings is 1. The van der Waals surface area contributed by atoms with Crippen molar-refractivity contribution in [2.75, 3.05) is 6.54 Å². The van der Waals surface area contributed by atoms with Gasteiger partial charge >= 0.3 is 157 Å². The van der Waals surface area contributed by atoms with Crippen molar-refractivity contribution in [2.45, 2.75) is 85.7 Å². The molecule has 6 heteroatoms. The second kappa shape index (κ2) is 9.83. The number of hydrogen-bond donors (Lipinski definition) is 1. The molecule has 1 aliphatic rings. The van der Waals surface area contributed by atoms with Crippen molar-refractivity contribution in [3.63, 3.8) is 0 Å². The number of fused-ring (bicyclic) bond motifs is 1. The number of hydrogen-bond acceptors (Lipinski definition) is 2. The van der Waals surface area contributed by atoms with Crippen molar-refractivity contribution in [2.24, 2.45) is 0 Å². The minimum absolute atomic E-state index is 0.451. The molecule has 2 rings (SSSR count). The van der Waals surface area contributed by atoms with E-state index in [1.54, 1.807) is 3.71 Å². The summed E-state index contributed by atoms with van der Waals surface area (Å²) in [6.45, 7) is 8.74. The van der Waals surface area contributed by atoms with Gasteiger partial charge in [-0.15, -0.1) is 0 Å². The van der Waals surface area contributed by atoms with Gasteiger partial charge < -0.3 is 0 Å². The first-order valence-corrected chi connectivity index (χ1v) is 17.6. The van der Waals surface area contributed by atoms with Crippen molar-refractivity contribution >= 4 is 28.2 Å². The van der Waals surface area contributed by atoms with Gasteiger partial charge in [0.1, 0.15) is 0 Å². The monoisotopic (exact) mass is 457 g/mol. The molecule has 0 aliphatic carbocycles. The van der Waals surface area contributed by atoms with Gasteiger partial charge in [-0.25, -0.2) is 0 Å². The Morgan fingerprint density at radius 2 is 1.64 bits per heavy atom. The normalized spacial score (nSPS) is 14.6. The summed E-state index contributed by atoms with van der Waals surface area (Å²) in [5.41, 5.74) is 0. The van der Waals surface area contributed by atoms with Gasteiger partial charge in [0.25, 0.3) is 0 Å². The standard InChI is InChI=1S/C7H8N3O2.3C4H9.Sn/c11-7(12)10-4-3-9-2-1-8-6(9)5-10;3*1-3-4-2;/h1H,3-5H2,(H,11,12);3*1,3-4H2,2H3;. The summed E-state index contributed by atoms with van der Waals surface area (Å²) in [5.74, 6) is 0.967. The van der Waals surface area contributed by atoms with Crippen molar-refractivity contribution in [1.29, 1.82) is 0 Å². The van der Waals surface area contributed by atoms with E-state index in [0.29, 0.717) is 13.1 Å². The molecule has 25 heavy (non-hydrogen) atoms. The quantitative estimate of drug-likeness (QED) is 0.530. The maximum atomic E-state index is 11.3. The van der Waals surface area contributed by atoms with Crippen molar-refractivity contribution in [3.05, 3.63) is 12.0 Å². The van der Waals surface area contributed by atoms with Crippen LogP contribution in [0.5, 0.6) is 0 Å². The Bertz CT molecular complexity index is 537. The SMILES string of the molecule is CCC[CH2][Sn]([CH2]CCC)([CH2]CCC)[c]1cnc2n1CCN(C(=O)O)C2. The van der Waals surface area contributed by atoms with Crippen LogP contribution in [0.2, 0.25) is 13.3 Å². The number of carboxylic acid groups (broad SMARTS) is 1. The Morgan fingerprint density at radius 3 is 2.12 bits per heavy atom. The first kappa shape index (κ1) is 20.6. The first-order chi connectivity index (χ1) is 12.1. The molecule has 1 N–H and O–H groups in total. The third kappa shape index (κ3) is 4.92. The summed E-state index contributed by atoms with van der Waals surface area (Å²) in [4.78, 5) is 17.5. The zero-order valence-electron chi connectivity index (χ0n) is 16.3. The van der Waals surface area contributed by atoms with E-state index in [-0.39, 0.29) is 0 Å². The van der Waals surface area contributed by atoms with Crippen molar-refractivity contribution in [3.8, 4) is 0 Å². The van der Waals surface area contributed by atoms with E-state index in [4.69, 9.17) is 0 Å². The van der Waals surface area contributed by atoms with Crippen molar-refractivity contribution < 1.29 is 9.90 Å². The Kier molecular flexibility index (Phi) is 8.10. The van der Waals surface area contributed by atoms with E-state index < -0.39 is 24.5 Å². The van der Waals surface area contributed by atoms with Gasteiger partial charge in [-0.1, -0.05) is 0 Å². The van der Waals surface area contributed by atoms with Crippen molar-refractivity contribution in [1.82, 2.24) is 14.5 Å². The Balaban J connectivity index is 2.34. The fourth-order valence-electron chi connectivity index (χ4n) is 4.15. The van der Waals surface area contributed by atoms with Crippen LogP contribution in [0.1, 0.15) is 65.1 Å². The number of rotatable bonds is 10. The van der Waals surface area contributed by atoms with Gasteiger partial charge in [0.15, 0.2) is 0 Å². The van der Waals surface area contributed by atoms with E-state index in [1.165, 1.54) is 56.7 Å². The van der Waals surface area contributed by atoms with E-state index in [2.05, 4.69) is 36.5 Å². The third-order valence-electron chi connectivity index (χ3n) is 5.70. The molecule has 0 unspecified atom stereocenters. The molecule has 0 spiro atoms. The molecule has 1 aromatic heterocycles. The van der Waals surface area contributed by atoms with Crippen LogP contribution in [-0.2, 0) is 13.1 Å². The molecule has 2 heterocycles. The fraction of sp³-hybridized carbons (Fsp3) is 0.789.